The fourth-order valence-electron chi connectivity index (χ4n) is 1.14. The fraction of sp³-hybridized carbons (Fsp3) is 0.286. The van der Waals surface area contributed by atoms with Gasteiger partial charge in [0.2, 0.25) is 0 Å². The maximum atomic E-state index is 10.6. The normalized spacial score (nSPS) is 21.2. The van der Waals surface area contributed by atoms with Crippen molar-refractivity contribution in [2.45, 2.75) is 12.7 Å². The van der Waals surface area contributed by atoms with E-state index in [0.717, 1.165) is 10.6 Å². The molecule has 0 amide bonds. The summed E-state index contributed by atoms with van der Waals surface area (Å²) in [5.41, 5.74) is 1.14. The highest BCUT2D eigenvalue weighted by molar-refractivity contribution is 7.14. The van der Waals surface area contributed by atoms with E-state index in [9.17, 15) is 4.79 Å². The van der Waals surface area contributed by atoms with Gasteiger partial charge in [0.25, 0.3) is 0 Å². The van der Waals surface area contributed by atoms with Gasteiger partial charge in [-0.25, -0.2) is 4.79 Å². The summed E-state index contributed by atoms with van der Waals surface area (Å²) in [7, 11) is 0. The summed E-state index contributed by atoms with van der Waals surface area (Å²) in [5, 5.41) is 17.3. The highest BCUT2D eigenvalue weighted by atomic mass is 32.1. The average Bonchev–Trinajstić information content (AvgIpc) is 2.49. The Kier molecular flexibility index (Phi) is 1.74. The molecule has 0 fully saturated rings. The number of anilines is 1. The molecule has 1 unspecified atom stereocenters. The lowest BCUT2D eigenvalue weighted by molar-refractivity contribution is -0.138. The topological polar surface area (TPSA) is 61.4 Å². The first-order valence-corrected chi connectivity index (χ1v) is 4.44. The molecule has 0 bridgehead atoms. The van der Waals surface area contributed by atoms with E-state index in [0.29, 0.717) is 6.54 Å². The van der Waals surface area contributed by atoms with Crippen LogP contribution in [0.4, 0.5) is 5.00 Å². The summed E-state index contributed by atoms with van der Waals surface area (Å²) >= 11 is 1.53. The Morgan fingerprint density at radius 1 is 1.75 bits per heavy atom. The fourth-order valence-corrected chi connectivity index (χ4v) is 1.99. The summed E-state index contributed by atoms with van der Waals surface area (Å²) in [6.45, 7) is 0.628. The Bertz CT molecular complexity index is 310. The molecule has 0 saturated carbocycles. The van der Waals surface area contributed by atoms with Gasteiger partial charge >= 0.3 is 5.97 Å². The number of hydrogen-bond acceptors (Lipinski definition) is 4. The SMILES string of the molecule is O=C(O)C1NCc2ccsc2N1. The molecule has 1 aromatic rings. The van der Waals surface area contributed by atoms with Gasteiger partial charge in [-0.15, -0.1) is 11.3 Å². The highest BCUT2D eigenvalue weighted by Crippen LogP contribution is 2.26. The Morgan fingerprint density at radius 2 is 2.58 bits per heavy atom. The molecule has 3 N–H and O–H groups in total. The smallest absolute Gasteiger partial charge is 0.341 e. The van der Waals surface area contributed by atoms with E-state index in [4.69, 9.17) is 5.11 Å². The first-order valence-electron chi connectivity index (χ1n) is 3.56. The van der Waals surface area contributed by atoms with Crippen molar-refractivity contribution in [2.75, 3.05) is 5.32 Å². The minimum Gasteiger partial charge on any atom is -0.479 e. The quantitative estimate of drug-likeness (QED) is 0.600. The molecule has 1 aromatic heterocycles. The Labute approximate surface area is 73.2 Å². The van der Waals surface area contributed by atoms with Crippen LogP contribution >= 0.6 is 11.3 Å². The standard InChI is InChI=1S/C7H8N2O2S/c10-7(11)5-8-3-4-1-2-12-6(4)9-5/h1-2,5,8-9H,3H2,(H,10,11). The van der Waals surface area contributed by atoms with Crippen LogP contribution in [0.25, 0.3) is 0 Å². The van der Waals surface area contributed by atoms with E-state index < -0.39 is 12.1 Å². The zero-order valence-corrected chi connectivity index (χ0v) is 7.02. The number of carboxylic acid groups (broad SMARTS) is 1. The molecule has 12 heavy (non-hydrogen) atoms. The zero-order valence-electron chi connectivity index (χ0n) is 6.20. The highest BCUT2D eigenvalue weighted by Gasteiger charge is 2.22. The number of aliphatic carboxylic acids is 1. The van der Waals surface area contributed by atoms with Crippen molar-refractivity contribution in [2.24, 2.45) is 0 Å². The van der Waals surface area contributed by atoms with Gasteiger partial charge in [0.05, 0.1) is 5.00 Å². The van der Waals surface area contributed by atoms with Crippen LogP contribution in [0.3, 0.4) is 0 Å². The van der Waals surface area contributed by atoms with E-state index in [1.54, 1.807) is 0 Å². The molecule has 0 radical (unpaired) electrons. The second kappa shape index (κ2) is 2.76. The van der Waals surface area contributed by atoms with Crippen molar-refractivity contribution in [1.82, 2.24) is 5.32 Å². The summed E-state index contributed by atoms with van der Waals surface area (Å²) in [6, 6.07) is 1.98. The molecule has 0 saturated heterocycles. The predicted octanol–water partition coefficient (Wildman–Crippen LogP) is 0.674. The van der Waals surface area contributed by atoms with Gasteiger partial charge in [-0.3, -0.25) is 5.32 Å². The summed E-state index contributed by atoms with van der Waals surface area (Å²) in [5.74, 6) is -0.867. The number of rotatable bonds is 1. The van der Waals surface area contributed by atoms with E-state index in [1.165, 1.54) is 11.3 Å². The molecule has 0 aliphatic carbocycles. The molecular formula is C7H8N2O2S. The zero-order chi connectivity index (χ0) is 8.55. The van der Waals surface area contributed by atoms with Crippen molar-refractivity contribution in [3.05, 3.63) is 17.0 Å². The van der Waals surface area contributed by atoms with Crippen molar-refractivity contribution in [1.29, 1.82) is 0 Å². The molecular weight excluding hydrogens is 176 g/mol. The van der Waals surface area contributed by atoms with Crippen LogP contribution in [-0.4, -0.2) is 17.2 Å². The molecule has 2 rings (SSSR count). The first kappa shape index (κ1) is 7.57. The van der Waals surface area contributed by atoms with Gasteiger partial charge in [-0.2, -0.15) is 0 Å². The first-order chi connectivity index (χ1) is 5.77. The van der Waals surface area contributed by atoms with Crippen LogP contribution in [0.2, 0.25) is 0 Å². The molecule has 0 spiro atoms. The lowest BCUT2D eigenvalue weighted by Crippen LogP contribution is -2.45. The number of fused-ring (bicyclic) bond motifs is 1. The van der Waals surface area contributed by atoms with Crippen LogP contribution in [-0.2, 0) is 11.3 Å². The molecule has 1 aliphatic heterocycles. The van der Waals surface area contributed by atoms with Crippen molar-refractivity contribution in [3.63, 3.8) is 0 Å². The monoisotopic (exact) mass is 184 g/mol. The van der Waals surface area contributed by atoms with E-state index >= 15 is 0 Å². The summed E-state index contributed by atoms with van der Waals surface area (Å²) in [6.07, 6.45) is -0.642. The van der Waals surface area contributed by atoms with E-state index in [2.05, 4.69) is 10.6 Å². The van der Waals surface area contributed by atoms with Gasteiger partial charge in [-0.1, -0.05) is 0 Å². The van der Waals surface area contributed by atoms with Crippen LogP contribution < -0.4 is 10.6 Å². The minimum atomic E-state index is -0.867. The summed E-state index contributed by atoms with van der Waals surface area (Å²) < 4.78 is 0. The van der Waals surface area contributed by atoms with Gasteiger partial charge in [0.15, 0.2) is 6.17 Å². The Morgan fingerprint density at radius 3 is 3.33 bits per heavy atom. The number of nitrogens with one attached hydrogen (secondary N) is 2. The predicted molar refractivity (Wildman–Crippen MR) is 46.2 cm³/mol. The third-order valence-electron chi connectivity index (χ3n) is 1.77. The molecule has 64 valence electrons. The number of hydrogen-bond donors (Lipinski definition) is 3. The second-order valence-corrected chi connectivity index (χ2v) is 3.49. The third-order valence-corrected chi connectivity index (χ3v) is 2.65. The van der Waals surface area contributed by atoms with Gasteiger partial charge in [0, 0.05) is 12.1 Å². The van der Waals surface area contributed by atoms with Crippen molar-refractivity contribution < 1.29 is 9.90 Å². The van der Waals surface area contributed by atoms with Crippen LogP contribution in [0.5, 0.6) is 0 Å². The molecule has 4 nitrogen and oxygen atoms in total. The second-order valence-electron chi connectivity index (χ2n) is 2.57. The molecule has 1 atom stereocenters. The van der Waals surface area contributed by atoms with E-state index in [1.807, 2.05) is 11.4 Å². The molecule has 2 heterocycles. The number of carboxylic acids is 1. The van der Waals surface area contributed by atoms with Gasteiger partial charge in [-0.05, 0) is 11.4 Å². The maximum absolute atomic E-state index is 10.6. The van der Waals surface area contributed by atoms with Crippen LogP contribution in [0.1, 0.15) is 5.56 Å². The van der Waals surface area contributed by atoms with E-state index in [-0.39, 0.29) is 0 Å². The Balaban J connectivity index is 2.20. The molecule has 5 heteroatoms. The number of carbonyl (C=O) groups is 1. The van der Waals surface area contributed by atoms with Gasteiger partial charge in [0.1, 0.15) is 0 Å². The largest absolute Gasteiger partial charge is 0.479 e. The molecule has 1 aliphatic rings. The van der Waals surface area contributed by atoms with Crippen LogP contribution in [0, 0.1) is 0 Å². The molecule has 0 aromatic carbocycles. The van der Waals surface area contributed by atoms with Crippen molar-refractivity contribution >= 4 is 22.3 Å². The lowest BCUT2D eigenvalue weighted by Gasteiger charge is -2.22. The van der Waals surface area contributed by atoms with Crippen molar-refractivity contribution in [3.8, 4) is 0 Å². The average molecular weight is 184 g/mol. The number of thiophene rings is 1. The van der Waals surface area contributed by atoms with Gasteiger partial charge < -0.3 is 10.4 Å². The third kappa shape index (κ3) is 1.17. The van der Waals surface area contributed by atoms with Crippen LogP contribution in [0.15, 0.2) is 11.4 Å². The summed E-state index contributed by atoms with van der Waals surface area (Å²) in [4.78, 5) is 10.6. The Hall–Kier alpha value is -1.07. The minimum absolute atomic E-state index is 0.628. The maximum Gasteiger partial charge on any atom is 0.341 e. The lowest BCUT2D eigenvalue weighted by atomic mass is 10.2.